The van der Waals surface area contributed by atoms with Gasteiger partial charge in [0.25, 0.3) is 0 Å². The van der Waals surface area contributed by atoms with Crippen LogP contribution in [0.15, 0.2) is 10.7 Å². The Hall–Kier alpha value is -0.350. The van der Waals surface area contributed by atoms with E-state index >= 15 is 0 Å². The van der Waals surface area contributed by atoms with Crippen molar-refractivity contribution in [2.24, 2.45) is 30.5 Å². The Morgan fingerprint density at radius 2 is 2.31 bits per heavy atom. The normalized spacial score (nSPS) is 34.6. The van der Waals surface area contributed by atoms with Gasteiger partial charge in [0.15, 0.2) is 0 Å². The Bertz CT molecular complexity index is 381. The molecule has 2 N–H and O–H groups in total. The van der Waals surface area contributed by atoms with Crippen molar-refractivity contribution < 1.29 is 0 Å². The maximum Gasteiger partial charge on any atom is 0.0693 e. The Morgan fingerprint density at radius 3 is 2.81 bits per heavy atom. The number of nitrogens with zero attached hydrogens (tertiary/aromatic N) is 2. The number of aromatic nitrogens is 2. The van der Waals surface area contributed by atoms with Crippen LogP contribution in [0.25, 0.3) is 0 Å². The van der Waals surface area contributed by atoms with Crippen molar-refractivity contribution in [3.8, 4) is 0 Å². The predicted octanol–water partition coefficient (Wildman–Crippen LogP) is 2.62. The molecule has 16 heavy (non-hydrogen) atoms. The molecule has 88 valence electrons. The molecule has 4 unspecified atom stereocenters. The first kappa shape index (κ1) is 10.8. The second-order valence-electron chi connectivity index (χ2n) is 5.37. The molecule has 0 aliphatic heterocycles. The molecule has 1 heterocycles. The number of hydrogen-bond donors (Lipinski definition) is 1. The van der Waals surface area contributed by atoms with Gasteiger partial charge in [-0.2, -0.15) is 5.10 Å². The summed E-state index contributed by atoms with van der Waals surface area (Å²) in [5.74, 6) is 2.49. The highest BCUT2D eigenvalue weighted by Crippen LogP contribution is 2.52. The molecule has 4 atom stereocenters. The summed E-state index contributed by atoms with van der Waals surface area (Å²) in [7, 11) is 1.98. The van der Waals surface area contributed by atoms with E-state index in [4.69, 9.17) is 5.73 Å². The predicted molar refractivity (Wildman–Crippen MR) is 66.8 cm³/mol. The molecule has 1 aromatic rings. The third-order valence-corrected chi connectivity index (χ3v) is 5.12. The second kappa shape index (κ2) is 3.84. The first-order chi connectivity index (χ1) is 7.66. The lowest BCUT2D eigenvalue weighted by Crippen LogP contribution is -2.28. The van der Waals surface area contributed by atoms with Crippen LogP contribution in [-0.2, 0) is 7.05 Å². The van der Waals surface area contributed by atoms with Gasteiger partial charge in [-0.15, -0.1) is 0 Å². The fraction of sp³-hybridized carbons (Fsp3) is 0.750. The van der Waals surface area contributed by atoms with Gasteiger partial charge in [-0.05, 0) is 52.9 Å². The highest BCUT2D eigenvalue weighted by atomic mass is 79.9. The standard InChI is InChI=1S/C12H18BrN3/c1-16-12(10(13)6-15-16)11(14)9-5-7-2-3-8(9)4-7/h6-9,11H,2-5,14H2,1H3. The summed E-state index contributed by atoms with van der Waals surface area (Å²) >= 11 is 3.55. The van der Waals surface area contributed by atoms with Gasteiger partial charge in [0, 0.05) is 7.05 Å². The highest BCUT2D eigenvalue weighted by molar-refractivity contribution is 9.10. The molecule has 2 fully saturated rings. The molecule has 2 aliphatic carbocycles. The smallest absolute Gasteiger partial charge is 0.0693 e. The topological polar surface area (TPSA) is 43.8 Å². The summed E-state index contributed by atoms with van der Waals surface area (Å²) in [4.78, 5) is 0. The third-order valence-electron chi connectivity index (χ3n) is 4.51. The average molecular weight is 284 g/mol. The van der Waals surface area contributed by atoms with Gasteiger partial charge in [0.2, 0.25) is 0 Å². The van der Waals surface area contributed by atoms with Crippen LogP contribution in [-0.4, -0.2) is 9.78 Å². The molecular formula is C12H18BrN3. The van der Waals surface area contributed by atoms with E-state index in [0.29, 0.717) is 5.92 Å². The van der Waals surface area contributed by atoms with Gasteiger partial charge in [0.1, 0.15) is 0 Å². The van der Waals surface area contributed by atoms with Crippen molar-refractivity contribution in [1.29, 1.82) is 0 Å². The van der Waals surface area contributed by atoms with Crippen molar-refractivity contribution in [2.45, 2.75) is 31.7 Å². The van der Waals surface area contributed by atoms with E-state index in [2.05, 4.69) is 21.0 Å². The van der Waals surface area contributed by atoms with E-state index in [-0.39, 0.29) is 6.04 Å². The van der Waals surface area contributed by atoms with Gasteiger partial charge in [-0.1, -0.05) is 6.42 Å². The first-order valence-electron chi connectivity index (χ1n) is 6.09. The van der Waals surface area contributed by atoms with Crippen molar-refractivity contribution in [2.75, 3.05) is 0 Å². The van der Waals surface area contributed by atoms with Crippen LogP contribution in [0, 0.1) is 17.8 Å². The number of fused-ring (bicyclic) bond motifs is 2. The van der Waals surface area contributed by atoms with Crippen LogP contribution in [0.4, 0.5) is 0 Å². The first-order valence-corrected chi connectivity index (χ1v) is 6.89. The van der Waals surface area contributed by atoms with Crippen molar-refractivity contribution in [3.05, 3.63) is 16.4 Å². The lowest BCUT2D eigenvalue weighted by molar-refractivity contribution is 0.276. The molecule has 2 aliphatic rings. The Labute approximate surface area is 105 Å². The fourth-order valence-corrected chi connectivity index (χ4v) is 4.34. The van der Waals surface area contributed by atoms with E-state index in [1.54, 1.807) is 0 Å². The van der Waals surface area contributed by atoms with Crippen LogP contribution in [0.5, 0.6) is 0 Å². The Balaban J connectivity index is 1.85. The van der Waals surface area contributed by atoms with E-state index in [1.165, 1.54) is 25.7 Å². The quantitative estimate of drug-likeness (QED) is 0.907. The molecule has 4 heteroatoms. The molecule has 3 nitrogen and oxygen atoms in total. The summed E-state index contributed by atoms with van der Waals surface area (Å²) in [6.07, 6.45) is 7.40. The minimum absolute atomic E-state index is 0.150. The van der Waals surface area contributed by atoms with Gasteiger partial charge in [-0.25, -0.2) is 0 Å². The molecule has 0 aromatic carbocycles. The zero-order valence-electron chi connectivity index (χ0n) is 9.56. The van der Waals surface area contributed by atoms with Crippen molar-refractivity contribution >= 4 is 15.9 Å². The molecular weight excluding hydrogens is 266 g/mol. The summed E-state index contributed by atoms with van der Waals surface area (Å²) < 4.78 is 2.98. The summed E-state index contributed by atoms with van der Waals surface area (Å²) in [6, 6.07) is 0.150. The van der Waals surface area contributed by atoms with E-state index in [9.17, 15) is 0 Å². The molecule has 0 amide bonds. The molecule has 0 radical (unpaired) electrons. The molecule has 2 saturated carbocycles. The maximum absolute atomic E-state index is 6.44. The zero-order chi connectivity index (χ0) is 11.3. The number of nitrogens with two attached hydrogens (primary N) is 1. The largest absolute Gasteiger partial charge is 0.322 e. The molecule has 3 rings (SSSR count). The van der Waals surface area contributed by atoms with E-state index < -0.39 is 0 Å². The van der Waals surface area contributed by atoms with Gasteiger partial charge >= 0.3 is 0 Å². The zero-order valence-corrected chi connectivity index (χ0v) is 11.2. The summed E-state index contributed by atoms with van der Waals surface area (Å²) in [5.41, 5.74) is 7.61. The van der Waals surface area contributed by atoms with Crippen molar-refractivity contribution in [1.82, 2.24) is 9.78 Å². The van der Waals surface area contributed by atoms with Crippen LogP contribution in [0.3, 0.4) is 0 Å². The Kier molecular flexibility index (Phi) is 2.59. The van der Waals surface area contributed by atoms with Crippen LogP contribution < -0.4 is 5.73 Å². The summed E-state index contributed by atoms with van der Waals surface area (Å²) in [5, 5.41) is 4.26. The van der Waals surface area contributed by atoms with Crippen molar-refractivity contribution in [3.63, 3.8) is 0 Å². The van der Waals surface area contributed by atoms with E-state index in [0.717, 1.165) is 22.0 Å². The number of aryl methyl sites for hydroxylation is 1. The number of halogens is 1. The Morgan fingerprint density at radius 1 is 1.50 bits per heavy atom. The molecule has 1 aromatic heterocycles. The van der Waals surface area contributed by atoms with Gasteiger partial charge in [-0.3, -0.25) is 4.68 Å². The SMILES string of the molecule is Cn1ncc(Br)c1C(N)C1CC2CCC1C2. The summed E-state index contributed by atoms with van der Waals surface area (Å²) in [6.45, 7) is 0. The maximum atomic E-state index is 6.44. The second-order valence-corrected chi connectivity index (χ2v) is 6.22. The highest BCUT2D eigenvalue weighted by Gasteiger charge is 2.43. The number of rotatable bonds is 2. The molecule has 2 bridgehead atoms. The lowest BCUT2D eigenvalue weighted by atomic mass is 9.82. The number of hydrogen-bond acceptors (Lipinski definition) is 2. The minimum Gasteiger partial charge on any atom is -0.322 e. The lowest BCUT2D eigenvalue weighted by Gasteiger charge is -2.28. The molecule has 0 saturated heterocycles. The van der Waals surface area contributed by atoms with Crippen LogP contribution >= 0.6 is 15.9 Å². The van der Waals surface area contributed by atoms with Gasteiger partial charge < -0.3 is 5.73 Å². The monoisotopic (exact) mass is 283 g/mol. The van der Waals surface area contributed by atoms with Crippen LogP contribution in [0.1, 0.15) is 37.4 Å². The average Bonchev–Trinajstić information content (AvgIpc) is 2.93. The van der Waals surface area contributed by atoms with Crippen LogP contribution in [0.2, 0.25) is 0 Å². The van der Waals surface area contributed by atoms with Gasteiger partial charge in [0.05, 0.1) is 22.4 Å². The fourth-order valence-electron chi connectivity index (χ4n) is 3.73. The minimum atomic E-state index is 0.150. The third kappa shape index (κ3) is 1.54. The molecule has 0 spiro atoms. The van der Waals surface area contributed by atoms with E-state index in [1.807, 2.05) is 17.9 Å².